The summed E-state index contributed by atoms with van der Waals surface area (Å²) in [7, 11) is 0. The van der Waals surface area contributed by atoms with Gasteiger partial charge in [-0.3, -0.25) is 0 Å². The van der Waals surface area contributed by atoms with Gasteiger partial charge in [-0.25, -0.2) is 8.78 Å². The molecule has 0 aliphatic heterocycles. The normalized spacial score (nSPS) is 11.4. The summed E-state index contributed by atoms with van der Waals surface area (Å²) in [5.74, 6) is -0.873. The quantitative estimate of drug-likeness (QED) is 0.390. The van der Waals surface area contributed by atoms with Crippen molar-refractivity contribution in [3.05, 3.63) is 57.0 Å². The van der Waals surface area contributed by atoms with Crippen molar-refractivity contribution in [2.24, 2.45) is 0 Å². The summed E-state index contributed by atoms with van der Waals surface area (Å²) < 4.78 is 28.5. The molecule has 0 amide bonds. The number of fused-ring (bicyclic) bond motifs is 1. The fourth-order valence-electron chi connectivity index (χ4n) is 2.22. The van der Waals surface area contributed by atoms with Crippen LogP contribution in [0.25, 0.3) is 26.9 Å². The summed E-state index contributed by atoms with van der Waals surface area (Å²) in [6.07, 6.45) is 0. The molecule has 2 heterocycles. The summed E-state index contributed by atoms with van der Waals surface area (Å²) in [6, 6.07) is 6.75. The van der Waals surface area contributed by atoms with Crippen LogP contribution in [-0.4, -0.2) is 19.8 Å². The molecule has 0 saturated carbocycles. The average Bonchev–Trinajstić information content (AvgIpc) is 3.14. The molecule has 4 aromatic rings. The number of halogens is 5. The molecule has 4 rings (SSSR count). The average molecular weight is 418 g/mol. The second-order valence-corrected chi connectivity index (χ2v) is 7.18. The summed E-state index contributed by atoms with van der Waals surface area (Å²) in [6.45, 7) is 0. The van der Waals surface area contributed by atoms with E-state index < -0.39 is 11.6 Å². The van der Waals surface area contributed by atoms with Crippen molar-refractivity contribution >= 4 is 51.1 Å². The van der Waals surface area contributed by atoms with E-state index in [2.05, 4.69) is 15.3 Å². The summed E-state index contributed by atoms with van der Waals surface area (Å²) >= 11 is 18.9. The van der Waals surface area contributed by atoms with E-state index in [-0.39, 0.29) is 20.9 Å². The summed E-state index contributed by atoms with van der Waals surface area (Å²) in [5.41, 5.74) is 0.936. The molecule has 0 unspecified atom stereocenters. The highest BCUT2D eigenvalue weighted by molar-refractivity contribution is 7.19. The van der Waals surface area contributed by atoms with Crippen LogP contribution in [0.1, 0.15) is 0 Å². The Kier molecular flexibility index (Phi) is 4.11. The van der Waals surface area contributed by atoms with Gasteiger partial charge in [0, 0.05) is 11.1 Å². The Morgan fingerprint density at radius 1 is 0.880 bits per heavy atom. The molecule has 0 saturated heterocycles. The maximum absolute atomic E-state index is 13.8. The van der Waals surface area contributed by atoms with E-state index in [4.69, 9.17) is 34.8 Å². The third-order valence-corrected chi connectivity index (χ3v) is 5.25. The van der Waals surface area contributed by atoms with E-state index in [1.165, 1.54) is 40.1 Å². The lowest BCUT2D eigenvalue weighted by Crippen LogP contribution is -1.93. The lowest BCUT2D eigenvalue weighted by Gasteiger charge is -2.03. The maximum atomic E-state index is 13.8. The molecular weight excluding hydrogens is 413 g/mol. The monoisotopic (exact) mass is 416 g/mol. The molecule has 0 aliphatic carbocycles. The molecular formula is C15H5Cl3F2N4S. The number of hydrogen-bond donors (Lipinski definition) is 0. The molecule has 2 aromatic carbocycles. The van der Waals surface area contributed by atoms with Crippen molar-refractivity contribution < 1.29 is 8.78 Å². The van der Waals surface area contributed by atoms with Gasteiger partial charge in [0.2, 0.25) is 4.96 Å². The molecule has 25 heavy (non-hydrogen) atoms. The second-order valence-electron chi connectivity index (χ2n) is 5.00. The van der Waals surface area contributed by atoms with Crippen molar-refractivity contribution in [1.82, 2.24) is 19.8 Å². The number of benzene rings is 2. The predicted molar refractivity (Wildman–Crippen MR) is 94.5 cm³/mol. The van der Waals surface area contributed by atoms with Gasteiger partial charge in [0.15, 0.2) is 5.82 Å². The number of aromatic nitrogens is 4. The lowest BCUT2D eigenvalue weighted by molar-refractivity contribution is 0.628. The zero-order valence-corrected chi connectivity index (χ0v) is 15.1. The van der Waals surface area contributed by atoms with Crippen LogP contribution in [-0.2, 0) is 0 Å². The molecule has 0 aliphatic rings. The topological polar surface area (TPSA) is 43.1 Å². The van der Waals surface area contributed by atoms with Gasteiger partial charge in [-0.15, -0.1) is 10.2 Å². The first-order valence-corrected chi connectivity index (χ1v) is 8.71. The zero-order chi connectivity index (χ0) is 17.7. The molecule has 0 bridgehead atoms. The van der Waals surface area contributed by atoms with Crippen molar-refractivity contribution in [3.8, 4) is 22.0 Å². The second kappa shape index (κ2) is 6.17. The Morgan fingerprint density at radius 2 is 1.64 bits per heavy atom. The Bertz CT molecular complexity index is 1130. The van der Waals surface area contributed by atoms with E-state index in [1.807, 2.05) is 0 Å². The highest BCUT2D eigenvalue weighted by Crippen LogP contribution is 2.34. The van der Waals surface area contributed by atoms with Crippen LogP contribution in [0, 0.1) is 11.6 Å². The molecule has 0 atom stereocenters. The van der Waals surface area contributed by atoms with Gasteiger partial charge in [-0.1, -0.05) is 46.1 Å². The van der Waals surface area contributed by atoms with Gasteiger partial charge < -0.3 is 0 Å². The first kappa shape index (κ1) is 16.7. The van der Waals surface area contributed by atoms with Crippen molar-refractivity contribution in [2.45, 2.75) is 0 Å². The van der Waals surface area contributed by atoms with Crippen LogP contribution in [0.5, 0.6) is 0 Å². The largest absolute Gasteiger partial charge is 0.235 e. The smallest absolute Gasteiger partial charge is 0.205 e. The van der Waals surface area contributed by atoms with Gasteiger partial charge in [-0.05, 0) is 30.3 Å². The van der Waals surface area contributed by atoms with E-state index in [0.29, 0.717) is 21.1 Å². The molecule has 4 nitrogen and oxygen atoms in total. The Labute approximate surface area is 158 Å². The third-order valence-electron chi connectivity index (χ3n) is 3.41. The van der Waals surface area contributed by atoms with E-state index in [9.17, 15) is 8.78 Å². The van der Waals surface area contributed by atoms with E-state index >= 15 is 0 Å². The lowest BCUT2D eigenvalue weighted by atomic mass is 10.2. The van der Waals surface area contributed by atoms with Gasteiger partial charge in [-0.2, -0.15) is 9.61 Å². The SMILES string of the molecule is Fc1ccc(-c2nn3c(-c4cc(F)c(Cl)cc4Cl)nnc3s2)cc1Cl. The molecule has 10 heteroatoms. The highest BCUT2D eigenvalue weighted by atomic mass is 35.5. The number of hydrogen-bond acceptors (Lipinski definition) is 4. The molecule has 0 spiro atoms. The standard InChI is InChI=1S/C15H5Cl3F2N4S/c16-8-5-10(18)12(20)4-7(8)13-21-22-15-24(13)23-14(25-15)6-1-2-11(19)9(17)3-6/h1-5H. The molecule has 0 N–H and O–H groups in total. The molecule has 2 aromatic heterocycles. The van der Waals surface area contributed by atoms with Crippen molar-refractivity contribution in [2.75, 3.05) is 0 Å². The van der Waals surface area contributed by atoms with Crippen LogP contribution in [0.15, 0.2) is 30.3 Å². The van der Waals surface area contributed by atoms with E-state index in [0.717, 1.165) is 0 Å². The first-order chi connectivity index (χ1) is 11.9. The van der Waals surface area contributed by atoms with Crippen LogP contribution < -0.4 is 0 Å². The Morgan fingerprint density at radius 3 is 2.40 bits per heavy atom. The van der Waals surface area contributed by atoms with Crippen LogP contribution >= 0.6 is 46.1 Å². The third kappa shape index (κ3) is 2.87. The number of nitrogens with zero attached hydrogens (tertiary/aromatic N) is 4. The molecule has 126 valence electrons. The minimum Gasteiger partial charge on any atom is -0.205 e. The van der Waals surface area contributed by atoms with Gasteiger partial charge in [0.05, 0.1) is 15.1 Å². The molecule has 0 radical (unpaired) electrons. The fraction of sp³-hybridized carbons (Fsp3) is 0. The van der Waals surface area contributed by atoms with Gasteiger partial charge in [0.1, 0.15) is 16.6 Å². The Balaban J connectivity index is 1.86. The van der Waals surface area contributed by atoms with Gasteiger partial charge in [0.25, 0.3) is 0 Å². The summed E-state index contributed by atoms with van der Waals surface area (Å²) in [5, 5.41) is 13.1. The van der Waals surface area contributed by atoms with Gasteiger partial charge >= 0.3 is 0 Å². The zero-order valence-electron chi connectivity index (χ0n) is 12.0. The predicted octanol–water partition coefficient (Wildman–Crippen LogP) is 5.76. The van der Waals surface area contributed by atoms with Crippen LogP contribution in [0.2, 0.25) is 15.1 Å². The number of rotatable bonds is 2. The minimum atomic E-state index is -0.626. The van der Waals surface area contributed by atoms with Crippen molar-refractivity contribution in [3.63, 3.8) is 0 Å². The van der Waals surface area contributed by atoms with Crippen LogP contribution in [0.4, 0.5) is 8.78 Å². The molecule has 0 fully saturated rings. The summed E-state index contributed by atoms with van der Waals surface area (Å²) in [4.78, 5) is 0.469. The van der Waals surface area contributed by atoms with E-state index in [1.54, 1.807) is 6.07 Å². The maximum Gasteiger partial charge on any atom is 0.235 e. The Hall–Kier alpha value is -1.80. The fourth-order valence-corrected chi connectivity index (χ4v) is 3.71. The van der Waals surface area contributed by atoms with Crippen molar-refractivity contribution in [1.29, 1.82) is 0 Å². The first-order valence-electron chi connectivity index (χ1n) is 6.76. The van der Waals surface area contributed by atoms with Crippen LogP contribution in [0.3, 0.4) is 0 Å². The minimum absolute atomic E-state index is 0.00787. The highest BCUT2D eigenvalue weighted by Gasteiger charge is 2.18.